The Morgan fingerprint density at radius 1 is 1.26 bits per heavy atom. The number of aryl methyl sites for hydroxylation is 1. The maximum atomic E-state index is 6.30. The molecule has 0 aliphatic heterocycles. The summed E-state index contributed by atoms with van der Waals surface area (Å²) >= 11 is 6.30. The maximum Gasteiger partial charge on any atom is 0.0820 e. The van der Waals surface area contributed by atoms with Crippen molar-refractivity contribution >= 4 is 11.6 Å². The summed E-state index contributed by atoms with van der Waals surface area (Å²) < 4.78 is 2.06. The number of nitrogens with zero attached hydrogens (tertiary/aromatic N) is 2. The van der Waals surface area contributed by atoms with Crippen molar-refractivity contribution < 1.29 is 0 Å². The van der Waals surface area contributed by atoms with E-state index in [1.165, 1.54) is 5.69 Å². The van der Waals surface area contributed by atoms with Gasteiger partial charge in [0.2, 0.25) is 0 Å². The van der Waals surface area contributed by atoms with Crippen LogP contribution in [0.3, 0.4) is 0 Å². The first-order chi connectivity index (χ1) is 8.97. The highest BCUT2D eigenvalue weighted by Crippen LogP contribution is 2.29. The van der Waals surface area contributed by atoms with E-state index < -0.39 is 0 Å². The van der Waals surface area contributed by atoms with Crippen molar-refractivity contribution in [1.82, 2.24) is 15.1 Å². The number of hydrogen-bond acceptors (Lipinski definition) is 2. The van der Waals surface area contributed by atoms with Gasteiger partial charge in [-0.25, -0.2) is 0 Å². The molecule has 0 fully saturated rings. The molecule has 0 radical (unpaired) electrons. The second-order valence-electron chi connectivity index (χ2n) is 5.92. The molecule has 0 spiro atoms. The summed E-state index contributed by atoms with van der Waals surface area (Å²) in [5, 5.41) is 8.71. The standard InChI is InChI=1S/C15H28ClN3/c1-6-7-19-15(14(16)10-18-19)13(5)12(4)9-17-8-11(2)3/h10-13,17H,6-9H2,1-5H3. The second kappa shape index (κ2) is 7.91. The van der Waals surface area contributed by atoms with E-state index >= 15 is 0 Å². The van der Waals surface area contributed by atoms with Gasteiger partial charge in [0.25, 0.3) is 0 Å². The minimum Gasteiger partial charge on any atom is -0.316 e. The lowest BCUT2D eigenvalue weighted by atomic mass is 9.92. The molecule has 0 saturated heterocycles. The lowest BCUT2D eigenvalue weighted by molar-refractivity contribution is 0.407. The summed E-state index contributed by atoms with van der Waals surface area (Å²) in [7, 11) is 0. The lowest BCUT2D eigenvalue weighted by Crippen LogP contribution is -2.28. The Hall–Kier alpha value is -0.540. The quantitative estimate of drug-likeness (QED) is 0.784. The van der Waals surface area contributed by atoms with Crippen molar-refractivity contribution in [3.8, 4) is 0 Å². The molecule has 4 heteroatoms. The van der Waals surface area contributed by atoms with Crippen molar-refractivity contribution in [1.29, 1.82) is 0 Å². The third kappa shape index (κ3) is 4.81. The van der Waals surface area contributed by atoms with Gasteiger partial charge in [-0.15, -0.1) is 0 Å². The summed E-state index contributed by atoms with van der Waals surface area (Å²) in [5.41, 5.74) is 1.18. The zero-order valence-corrected chi connectivity index (χ0v) is 13.7. The van der Waals surface area contributed by atoms with Crippen LogP contribution in [0.2, 0.25) is 5.02 Å². The second-order valence-corrected chi connectivity index (χ2v) is 6.33. The average Bonchev–Trinajstić information content (AvgIpc) is 2.69. The molecule has 0 aliphatic carbocycles. The van der Waals surface area contributed by atoms with E-state index in [1.807, 2.05) is 0 Å². The van der Waals surface area contributed by atoms with Crippen LogP contribution >= 0.6 is 11.6 Å². The fraction of sp³-hybridized carbons (Fsp3) is 0.800. The summed E-state index contributed by atoms with van der Waals surface area (Å²) in [5.74, 6) is 1.65. The van der Waals surface area contributed by atoms with Crippen LogP contribution in [0.5, 0.6) is 0 Å². The zero-order chi connectivity index (χ0) is 14.4. The van der Waals surface area contributed by atoms with Gasteiger partial charge in [0.15, 0.2) is 0 Å². The SMILES string of the molecule is CCCn1ncc(Cl)c1C(C)C(C)CNCC(C)C. The Morgan fingerprint density at radius 2 is 1.95 bits per heavy atom. The van der Waals surface area contributed by atoms with Crippen LogP contribution in [0.4, 0.5) is 0 Å². The van der Waals surface area contributed by atoms with Crippen LogP contribution in [-0.2, 0) is 6.54 Å². The van der Waals surface area contributed by atoms with Gasteiger partial charge in [-0.2, -0.15) is 5.10 Å². The van der Waals surface area contributed by atoms with E-state index in [-0.39, 0.29) is 0 Å². The molecule has 0 bridgehead atoms. The minimum atomic E-state index is 0.418. The summed E-state index contributed by atoms with van der Waals surface area (Å²) in [6.45, 7) is 14.2. The van der Waals surface area contributed by atoms with E-state index in [9.17, 15) is 0 Å². The van der Waals surface area contributed by atoms with E-state index in [0.29, 0.717) is 17.8 Å². The van der Waals surface area contributed by atoms with Gasteiger partial charge in [0.05, 0.1) is 16.9 Å². The highest BCUT2D eigenvalue weighted by Gasteiger charge is 2.21. The van der Waals surface area contributed by atoms with E-state index in [4.69, 9.17) is 11.6 Å². The molecule has 2 unspecified atom stereocenters. The lowest BCUT2D eigenvalue weighted by Gasteiger charge is -2.22. The number of aromatic nitrogens is 2. The molecule has 0 aromatic carbocycles. The number of hydrogen-bond donors (Lipinski definition) is 1. The first-order valence-electron chi connectivity index (χ1n) is 7.39. The molecule has 1 aromatic heterocycles. The third-order valence-electron chi connectivity index (χ3n) is 3.57. The fourth-order valence-corrected chi connectivity index (χ4v) is 2.57. The first-order valence-corrected chi connectivity index (χ1v) is 7.77. The first kappa shape index (κ1) is 16.5. The van der Waals surface area contributed by atoms with Gasteiger partial charge in [-0.1, -0.05) is 46.2 Å². The Bertz CT molecular complexity index is 373. The molecule has 1 aromatic rings. The smallest absolute Gasteiger partial charge is 0.0820 e. The van der Waals surface area contributed by atoms with Crippen molar-refractivity contribution in [2.24, 2.45) is 11.8 Å². The maximum absolute atomic E-state index is 6.30. The van der Waals surface area contributed by atoms with Crippen molar-refractivity contribution in [2.75, 3.05) is 13.1 Å². The van der Waals surface area contributed by atoms with Crippen molar-refractivity contribution in [3.63, 3.8) is 0 Å². The normalized spacial score (nSPS) is 14.9. The van der Waals surface area contributed by atoms with Crippen LogP contribution < -0.4 is 5.32 Å². The molecule has 0 amide bonds. The van der Waals surface area contributed by atoms with Gasteiger partial charge >= 0.3 is 0 Å². The van der Waals surface area contributed by atoms with Crippen LogP contribution in [0, 0.1) is 11.8 Å². The molecule has 0 aliphatic rings. The Balaban J connectivity index is 2.65. The monoisotopic (exact) mass is 285 g/mol. The van der Waals surface area contributed by atoms with Crippen molar-refractivity contribution in [2.45, 2.75) is 53.5 Å². The number of rotatable bonds is 8. The van der Waals surface area contributed by atoms with Crippen LogP contribution in [0.1, 0.15) is 52.7 Å². The van der Waals surface area contributed by atoms with E-state index in [2.05, 4.69) is 49.7 Å². The molecule has 1 heterocycles. The van der Waals surface area contributed by atoms with E-state index in [0.717, 1.165) is 31.1 Å². The topological polar surface area (TPSA) is 29.9 Å². The highest BCUT2D eigenvalue weighted by atomic mass is 35.5. The Labute approximate surface area is 122 Å². The van der Waals surface area contributed by atoms with Crippen molar-refractivity contribution in [3.05, 3.63) is 16.9 Å². The third-order valence-corrected chi connectivity index (χ3v) is 3.86. The average molecular weight is 286 g/mol. The molecular weight excluding hydrogens is 258 g/mol. The van der Waals surface area contributed by atoms with Crippen LogP contribution in [0.15, 0.2) is 6.20 Å². The largest absolute Gasteiger partial charge is 0.316 e. The molecule has 3 nitrogen and oxygen atoms in total. The Morgan fingerprint density at radius 3 is 2.53 bits per heavy atom. The highest BCUT2D eigenvalue weighted by molar-refractivity contribution is 6.31. The number of nitrogens with one attached hydrogen (secondary N) is 1. The predicted octanol–water partition coefficient (Wildman–Crippen LogP) is 3.93. The summed E-state index contributed by atoms with van der Waals surface area (Å²) in [4.78, 5) is 0. The van der Waals surface area contributed by atoms with E-state index in [1.54, 1.807) is 6.20 Å². The van der Waals surface area contributed by atoms with Gasteiger partial charge in [0.1, 0.15) is 0 Å². The minimum absolute atomic E-state index is 0.418. The molecule has 1 N–H and O–H groups in total. The Kier molecular flexibility index (Phi) is 6.87. The van der Waals surface area contributed by atoms with Crippen LogP contribution in [-0.4, -0.2) is 22.9 Å². The zero-order valence-electron chi connectivity index (χ0n) is 12.9. The van der Waals surface area contributed by atoms with Crippen LogP contribution in [0.25, 0.3) is 0 Å². The van der Waals surface area contributed by atoms with Gasteiger partial charge in [-0.05, 0) is 31.3 Å². The van der Waals surface area contributed by atoms with Gasteiger partial charge in [0, 0.05) is 12.5 Å². The molecule has 2 atom stereocenters. The predicted molar refractivity (Wildman–Crippen MR) is 82.8 cm³/mol. The summed E-state index contributed by atoms with van der Waals surface area (Å²) in [6, 6.07) is 0. The molecule has 0 saturated carbocycles. The van der Waals surface area contributed by atoms with Gasteiger partial charge < -0.3 is 5.32 Å². The molecule has 19 heavy (non-hydrogen) atoms. The molecule has 1 rings (SSSR count). The number of halogens is 1. The molecular formula is C15H28ClN3. The van der Waals surface area contributed by atoms with Gasteiger partial charge in [-0.3, -0.25) is 4.68 Å². The fourth-order valence-electron chi connectivity index (χ4n) is 2.26. The molecule has 110 valence electrons. The summed E-state index contributed by atoms with van der Waals surface area (Å²) in [6.07, 6.45) is 2.86.